The fourth-order valence-corrected chi connectivity index (χ4v) is 3.52. The zero-order chi connectivity index (χ0) is 15.7. The Bertz CT molecular complexity index is 260. The molecule has 1 saturated carbocycles. The van der Waals surface area contributed by atoms with Gasteiger partial charge in [-0.3, -0.25) is 0 Å². The van der Waals surface area contributed by atoms with Crippen LogP contribution in [0.4, 0.5) is 0 Å². The van der Waals surface area contributed by atoms with E-state index in [4.69, 9.17) is 5.11 Å². The van der Waals surface area contributed by atoms with Gasteiger partial charge in [-0.25, -0.2) is 0 Å². The van der Waals surface area contributed by atoms with Crippen molar-refractivity contribution in [3.8, 4) is 0 Å². The Morgan fingerprint density at radius 2 is 1.95 bits per heavy atom. The molecule has 1 aliphatic carbocycles. The van der Waals surface area contributed by atoms with Crippen LogP contribution in [0, 0.1) is 11.3 Å². The summed E-state index contributed by atoms with van der Waals surface area (Å²) in [7, 11) is 0. The number of rotatable bonds is 10. The third-order valence-corrected chi connectivity index (χ3v) is 5.13. The molecule has 0 atom stereocenters. The predicted molar refractivity (Wildman–Crippen MR) is 91.6 cm³/mol. The number of hydrogen-bond acceptors (Lipinski definition) is 3. The lowest BCUT2D eigenvalue weighted by Gasteiger charge is -2.44. The van der Waals surface area contributed by atoms with Crippen molar-refractivity contribution in [2.45, 2.75) is 72.3 Å². The van der Waals surface area contributed by atoms with Gasteiger partial charge in [0.2, 0.25) is 0 Å². The van der Waals surface area contributed by atoms with Crippen LogP contribution in [-0.4, -0.2) is 48.8 Å². The maximum Gasteiger partial charge on any atom is 0.0443 e. The molecular formula is C18H38N2O. The van der Waals surface area contributed by atoms with Gasteiger partial charge >= 0.3 is 0 Å². The zero-order valence-corrected chi connectivity index (χ0v) is 14.8. The van der Waals surface area contributed by atoms with Gasteiger partial charge in [-0.2, -0.15) is 0 Å². The van der Waals surface area contributed by atoms with Gasteiger partial charge in [-0.15, -0.1) is 0 Å². The van der Waals surface area contributed by atoms with Crippen molar-refractivity contribution in [1.82, 2.24) is 10.2 Å². The molecule has 1 rings (SSSR count). The maximum atomic E-state index is 9.14. The molecule has 1 aliphatic rings. The predicted octanol–water partition coefficient (Wildman–Crippen LogP) is 3.28. The summed E-state index contributed by atoms with van der Waals surface area (Å²) in [4.78, 5) is 2.58. The summed E-state index contributed by atoms with van der Waals surface area (Å²) in [6, 6.07) is 0.568. The summed E-state index contributed by atoms with van der Waals surface area (Å²) in [6.07, 6.45) is 7.57. The fraction of sp³-hybridized carbons (Fsp3) is 1.00. The smallest absolute Gasteiger partial charge is 0.0443 e. The molecule has 0 unspecified atom stereocenters. The first-order valence-corrected chi connectivity index (χ1v) is 9.08. The monoisotopic (exact) mass is 298 g/mol. The van der Waals surface area contributed by atoms with Gasteiger partial charge in [0.25, 0.3) is 0 Å². The standard InChI is InChI=1S/C18H38N2O/c1-5-11-19-14-18(9-7-17(4)8-10-18)15-20(16(2)3)12-6-13-21/h16-17,19,21H,5-15H2,1-4H3. The Morgan fingerprint density at radius 3 is 2.48 bits per heavy atom. The quantitative estimate of drug-likeness (QED) is 0.608. The first kappa shape index (κ1) is 18.9. The van der Waals surface area contributed by atoms with Crippen molar-refractivity contribution in [1.29, 1.82) is 0 Å². The van der Waals surface area contributed by atoms with Gasteiger partial charge in [0.15, 0.2) is 0 Å². The van der Waals surface area contributed by atoms with Crippen molar-refractivity contribution in [3.63, 3.8) is 0 Å². The molecule has 0 amide bonds. The highest BCUT2D eigenvalue weighted by molar-refractivity contribution is 4.90. The lowest BCUT2D eigenvalue weighted by Crippen LogP contribution is -2.48. The average Bonchev–Trinajstić information content (AvgIpc) is 2.46. The molecule has 0 aliphatic heterocycles. The molecule has 0 spiro atoms. The summed E-state index contributed by atoms with van der Waals surface area (Å²) < 4.78 is 0. The molecule has 0 aromatic heterocycles. The second-order valence-electron chi connectivity index (χ2n) is 7.50. The average molecular weight is 299 g/mol. The van der Waals surface area contributed by atoms with Crippen LogP contribution in [0.3, 0.4) is 0 Å². The van der Waals surface area contributed by atoms with Gasteiger partial charge in [0.1, 0.15) is 0 Å². The van der Waals surface area contributed by atoms with Gasteiger partial charge < -0.3 is 15.3 Å². The van der Waals surface area contributed by atoms with E-state index in [1.807, 2.05) is 0 Å². The van der Waals surface area contributed by atoms with E-state index in [1.54, 1.807) is 0 Å². The van der Waals surface area contributed by atoms with Crippen LogP contribution in [0.1, 0.15) is 66.2 Å². The first-order chi connectivity index (χ1) is 10.0. The number of nitrogens with zero attached hydrogens (tertiary/aromatic N) is 1. The van der Waals surface area contributed by atoms with Crippen molar-refractivity contribution in [3.05, 3.63) is 0 Å². The van der Waals surface area contributed by atoms with Gasteiger partial charge in [-0.1, -0.05) is 26.7 Å². The lowest BCUT2D eigenvalue weighted by atomic mass is 9.70. The van der Waals surface area contributed by atoms with E-state index >= 15 is 0 Å². The van der Waals surface area contributed by atoms with E-state index in [9.17, 15) is 0 Å². The summed E-state index contributed by atoms with van der Waals surface area (Å²) in [6.45, 7) is 14.0. The summed E-state index contributed by atoms with van der Waals surface area (Å²) in [5.74, 6) is 0.897. The molecular weight excluding hydrogens is 260 g/mol. The van der Waals surface area contributed by atoms with E-state index < -0.39 is 0 Å². The Balaban J connectivity index is 2.65. The van der Waals surface area contributed by atoms with Crippen LogP contribution in [0.25, 0.3) is 0 Å². The first-order valence-electron chi connectivity index (χ1n) is 9.08. The lowest BCUT2D eigenvalue weighted by molar-refractivity contribution is 0.0666. The SMILES string of the molecule is CCCNCC1(CN(CCCO)C(C)C)CCC(C)CC1. The third-order valence-electron chi connectivity index (χ3n) is 5.13. The highest BCUT2D eigenvalue weighted by atomic mass is 16.3. The summed E-state index contributed by atoms with van der Waals surface area (Å²) in [5.41, 5.74) is 0.446. The van der Waals surface area contributed by atoms with E-state index in [-0.39, 0.29) is 0 Å². The van der Waals surface area contributed by atoms with Crippen molar-refractivity contribution in [2.75, 3.05) is 32.8 Å². The Hall–Kier alpha value is -0.120. The van der Waals surface area contributed by atoms with Crippen molar-refractivity contribution in [2.24, 2.45) is 11.3 Å². The van der Waals surface area contributed by atoms with Gasteiger partial charge in [0.05, 0.1) is 0 Å². The van der Waals surface area contributed by atoms with Crippen LogP contribution in [0.2, 0.25) is 0 Å². The normalized spacial score (nSPS) is 26.7. The van der Waals surface area contributed by atoms with E-state index in [0.717, 1.165) is 32.0 Å². The van der Waals surface area contributed by atoms with Crippen LogP contribution in [0.15, 0.2) is 0 Å². The molecule has 0 bridgehead atoms. The summed E-state index contributed by atoms with van der Waals surface area (Å²) >= 11 is 0. The molecule has 0 aromatic rings. The zero-order valence-electron chi connectivity index (χ0n) is 14.8. The third kappa shape index (κ3) is 6.66. The van der Waals surface area contributed by atoms with Crippen molar-refractivity contribution >= 4 is 0 Å². The van der Waals surface area contributed by atoms with E-state index in [2.05, 4.69) is 37.9 Å². The van der Waals surface area contributed by atoms with Crippen LogP contribution in [-0.2, 0) is 0 Å². The van der Waals surface area contributed by atoms with E-state index in [1.165, 1.54) is 38.6 Å². The number of nitrogens with one attached hydrogen (secondary N) is 1. The molecule has 1 fully saturated rings. The molecule has 3 heteroatoms. The molecule has 21 heavy (non-hydrogen) atoms. The van der Waals surface area contributed by atoms with Crippen LogP contribution < -0.4 is 5.32 Å². The van der Waals surface area contributed by atoms with Gasteiger partial charge in [-0.05, 0) is 57.4 Å². The summed E-state index contributed by atoms with van der Waals surface area (Å²) in [5, 5.41) is 12.8. The molecule has 0 heterocycles. The second-order valence-corrected chi connectivity index (χ2v) is 7.50. The molecule has 0 saturated heterocycles. The molecule has 0 radical (unpaired) electrons. The minimum atomic E-state index is 0.307. The highest BCUT2D eigenvalue weighted by Gasteiger charge is 2.35. The number of hydrogen-bond donors (Lipinski definition) is 2. The van der Waals surface area contributed by atoms with Crippen LogP contribution >= 0.6 is 0 Å². The second kappa shape index (κ2) is 9.81. The fourth-order valence-electron chi connectivity index (χ4n) is 3.52. The van der Waals surface area contributed by atoms with E-state index in [0.29, 0.717) is 18.1 Å². The minimum absolute atomic E-state index is 0.307. The number of aliphatic hydroxyl groups is 1. The minimum Gasteiger partial charge on any atom is -0.396 e. The topological polar surface area (TPSA) is 35.5 Å². The van der Waals surface area contributed by atoms with Crippen LogP contribution in [0.5, 0.6) is 0 Å². The van der Waals surface area contributed by atoms with Crippen molar-refractivity contribution < 1.29 is 5.11 Å². The maximum absolute atomic E-state index is 9.14. The Kier molecular flexibility index (Phi) is 8.84. The van der Waals surface area contributed by atoms with Gasteiger partial charge in [0, 0.05) is 32.3 Å². The molecule has 0 aromatic carbocycles. The Labute approximate surface area is 132 Å². The molecule has 126 valence electrons. The highest BCUT2D eigenvalue weighted by Crippen LogP contribution is 2.39. The number of aliphatic hydroxyl groups excluding tert-OH is 1. The Morgan fingerprint density at radius 1 is 1.29 bits per heavy atom. The molecule has 2 N–H and O–H groups in total. The largest absolute Gasteiger partial charge is 0.396 e. The molecule has 3 nitrogen and oxygen atoms in total.